The highest BCUT2D eigenvalue weighted by Crippen LogP contribution is 2.29. The maximum atomic E-state index is 13.3. The molecule has 1 saturated heterocycles. The third kappa shape index (κ3) is 3.23. The number of hydrogen-bond acceptors (Lipinski definition) is 4. The number of halogens is 1. The highest BCUT2D eigenvalue weighted by Gasteiger charge is 2.26. The summed E-state index contributed by atoms with van der Waals surface area (Å²) in [4.78, 5) is 2.02. The maximum absolute atomic E-state index is 13.3. The Labute approximate surface area is 112 Å². The first-order valence-corrected chi connectivity index (χ1v) is 6.50. The molecule has 3 atom stereocenters. The van der Waals surface area contributed by atoms with Crippen molar-refractivity contribution in [2.45, 2.75) is 32.2 Å². The Balaban J connectivity index is 2.30. The second-order valence-electron chi connectivity index (χ2n) is 5.04. The topological polar surface area (TPSA) is 52.9 Å². The summed E-state index contributed by atoms with van der Waals surface area (Å²) < 4.78 is 18.9. The smallest absolute Gasteiger partial charge is 0.123 e. The summed E-state index contributed by atoms with van der Waals surface area (Å²) >= 11 is 0. The molecule has 2 N–H and O–H groups in total. The van der Waals surface area contributed by atoms with Gasteiger partial charge >= 0.3 is 0 Å². The van der Waals surface area contributed by atoms with Gasteiger partial charge < -0.3 is 19.8 Å². The van der Waals surface area contributed by atoms with Gasteiger partial charge in [0.25, 0.3) is 0 Å². The highest BCUT2D eigenvalue weighted by atomic mass is 19.1. The number of hydrogen-bond donors (Lipinski definition) is 2. The van der Waals surface area contributed by atoms with Gasteiger partial charge in [-0.15, -0.1) is 0 Å². The van der Waals surface area contributed by atoms with E-state index >= 15 is 0 Å². The average Bonchev–Trinajstić information content (AvgIpc) is 2.37. The van der Waals surface area contributed by atoms with E-state index in [9.17, 15) is 14.6 Å². The Kier molecular flexibility index (Phi) is 4.39. The minimum Gasteiger partial charge on any atom is -0.394 e. The van der Waals surface area contributed by atoms with Gasteiger partial charge in [-0.25, -0.2) is 4.39 Å². The minimum absolute atomic E-state index is 0.0159. The molecule has 0 aromatic heterocycles. The molecule has 1 aliphatic heterocycles. The summed E-state index contributed by atoms with van der Waals surface area (Å²) in [7, 11) is 0. The molecular formula is C14H20FNO3. The van der Waals surface area contributed by atoms with E-state index in [-0.39, 0.29) is 24.6 Å². The molecule has 0 radical (unpaired) electrons. The van der Waals surface area contributed by atoms with Crippen LogP contribution in [0.25, 0.3) is 0 Å². The van der Waals surface area contributed by atoms with Crippen LogP contribution in [0.3, 0.4) is 0 Å². The summed E-state index contributed by atoms with van der Waals surface area (Å²) in [5, 5.41) is 19.0. The van der Waals surface area contributed by atoms with E-state index < -0.39 is 6.10 Å². The molecule has 1 aromatic rings. The van der Waals surface area contributed by atoms with Crippen LogP contribution in [0.15, 0.2) is 18.2 Å². The van der Waals surface area contributed by atoms with Gasteiger partial charge in [0.15, 0.2) is 0 Å². The Morgan fingerprint density at radius 1 is 1.47 bits per heavy atom. The van der Waals surface area contributed by atoms with Crippen LogP contribution in [-0.2, 0) is 4.74 Å². The van der Waals surface area contributed by atoms with Crippen molar-refractivity contribution < 1.29 is 19.3 Å². The van der Waals surface area contributed by atoms with Crippen molar-refractivity contribution in [2.24, 2.45) is 0 Å². The summed E-state index contributed by atoms with van der Waals surface area (Å²) in [6, 6.07) is 4.41. The molecular weight excluding hydrogens is 249 g/mol. The van der Waals surface area contributed by atoms with Gasteiger partial charge in [-0.3, -0.25) is 0 Å². The van der Waals surface area contributed by atoms with E-state index in [0.717, 1.165) is 5.69 Å². The van der Waals surface area contributed by atoms with Crippen LogP contribution >= 0.6 is 0 Å². The first kappa shape index (κ1) is 14.2. The predicted molar refractivity (Wildman–Crippen MR) is 70.7 cm³/mol. The molecule has 19 heavy (non-hydrogen) atoms. The van der Waals surface area contributed by atoms with Gasteiger partial charge in [-0.1, -0.05) is 0 Å². The SMILES string of the molecule is CC1CN(c2ccc(F)cc2[C@H](C)O)CC(CO)O1. The fraction of sp³-hybridized carbons (Fsp3) is 0.571. The average molecular weight is 269 g/mol. The first-order chi connectivity index (χ1) is 9.01. The van der Waals surface area contributed by atoms with Crippen molar-refractivity contribution in [1.82, 2.24) is 0 Å². The Hall–Kier alpha value is -1.17. The van der Waals surface area contributed by atoms with Crippen LogP contribution < -0.4 is 4.90 Å². The van der Waals surface area contributed by atoms with E-state index in [4.69, 9.17) is 4.74 Å². The molecule has 0 spiro atoms. The molecule has 1 heterocycles. The van der Waals surface area contributed by atoms with Crippen LogP contribution in [0.2, 0.25) is 0 Å². The number of anilines is 1. The molecule has 1 aromatic carbocycles. The van der Waals surface area contributed by atoms with Gasteiger partial charge in [-0.2, -0.15) is 0 Å². The monoisotopic (exact) mass is 269 g/mol. The van der Waals surface area contributed by atoms with E-state index in [0.29, 0.717) is 18.7 Å². The fourth-order valence-corrected chi connectivity index (χ4v) is 2.49. The molecule has 2 rings (SSSR count). The zero-order chi connectivity index (χ0) is 14.0. The third-order valence-corrected chi connectivity index (χ3v) is 3.31. The van der Waals surface area contributed by atoms with Crippen LogP contribution in [0.5, 0.6) is 0 Å². The van der Waals surface area contributed by atoms with Gasteiger partial charge in [-0.05, 0) is 32.0 Å². The molecule has 1 fully saturated rings. The van der Waals surface area contributed by atoms with E-state index in [1.807, 2.05) is 11.8 Å². The van der Waals surface area contributed by atoms with E-state index in [1.165, 1.54) is 12.1 Å². The zero-order valence-corrected chi connectivity index (χ0v) is 11.2. The Morgan fingerprint density at radius 3 is 2.84 bits per heavy atom. The summed E-state index contributed by atoms with van der Waals surface area (Å²) in [6.07, 6.45) is -1.01. The van der Waals surface area contributed by atoms with Crippen LogP contribution in [0.4, 0.5) is 10.1 Å². The maximum Gasteiger partial charge on any atom is 0.123 e. The highest BCUT2D eigenvalue weighted by molar-refractivity contribution is 5.55. The number of aliphatic hydroxyl groups is 2. The van der Waals surface area contributed by atoms with Gasteiger partial charge in [0, 0.05) is 24.3 Å². The second kappa shape index (κ2) is 5.86. The van der Waals surface area contributed by atoms with Crippen LogP contribution in [-0.4, -0.2) is 42.1 Å². The van der Waals surface area contributed by atoms with Crippen molar-refractivity contribution in [3.05, 3.63) is 29.6 Å². The van der Waals surface area contributed by atoms with Crippen LogP contribution in [0.1, 0.15) is 25.5 Å². The zero-order valence-electron chi connectivity index (χ0n) is 11.2. The summed E-state index contributed by atoms with van der Waals surface area (Å²) in [5.41, 5.74) is 1.36. The molecule has 4 nitrogen and oxygen atoms in total. The molecule has 1 aliphatic rings. The van der Waals surface area contributed by atoms with Gasteiger partial charge in [0.1, 0.15) is 5.82 Å². The summed E-state index contributed by atoms with van der Waals surface area (Å²) in [6.45, 7) is 4.69. The fourth-order valence-electron chi connectivity index (χ4n) is 2.49. The lowest BCUT2D eigenvalue weighted by Crippen LogP contribution is -2.48. The number of ether oxygens (including phenoxy) is 1. The van der Waals surface area contributed by atoms with E-state index in [2.05, 4.69) is 0 Å². The quantitative estimate of drug-likeness (QED) is 0.872. The van der Waals surface area contributed by atoms with Crippen molar-refractivity contribution in [3.63, 3.8) is 0 Å². The molecule has 106 valence electrons. The Morgan fingerprint density at radius 2 is 2.21 bits per heavy atom. The normalized spacial score (nSPS) is 25.4. The first-order valence-electron chi connectivity index (χ1n) is 6.50. The lowest BCUT2D eigenvalue weighted by molar-refractivity contribution is -0.0422. The van der Waals surface area contributed by atoms with E-state index in [1.54, 1.807) is 13.0 Å². The van der Waals surface area contributed by atoms with Crippen molar-refractivity contribution in [2.75, 3.05) is 24.6 Å². The van der Waals surface area contributed by atoms with Crippen molar-refractivity contribution in [3.8, 4) is 0 Å². The second-order valence-corrected chi connectivity index (χ2v) is 5.04. The van der Waals surface area contributed by atoms with Crippen LogP contribution in [0, 0.1) is 5.82 Å². The number of morpholine rings is 1. The minimum atomic E-state index is -0.739. The van der Waals surface area contributed by atoms with Gasteiger partial charge in [0.05, 0.1) is 24.9 Å². The lowest BCUT2D eigenvalue weighted by Gasteiger charge is -2.38. The predicted octanol–water partition coefficient (Wildman–Crippen LogP) is 1.46. The largest absolute Gasteiger partial charge is 0.394 e. The number of benzene rings is 1. The lowest BCUT2D eigenvalue weighted by atomic mass is 10.1. The molecule has 0 aliphatic carbocycles. The molecule has 0 amide bonds. The standard InChI is InChI=1S/C14H20FNO3/c1-9-6-16(7-12(8-17)19-9)14-4-3-11(15)5-13(14)10(2)18/h3-5,9-10,12,17-18H,6-8H2,1-2H3/t9?,10-,12?/m0/s1. The molecule has 2 unspecified atom stereocenters. The number of nitrogens with zero attached hydrogens (tertiary/aromatic N) is 1. The molecule has 0 saturated carbocycles. The molecule has 5 heteroatoms. The molecule has 0 bridgehead atoms. The summed E-state index contributed by atoms with van der Waals surface area (Å²) in [5.74, 6) is -0.361. The number of rotatable bonds is 3. The van der Waals surface area contributed by atoms with Crippen molar-refractivity contribution in [1.29, 1.82) is 0 Å². The third-order valence-electron chi connectivity index (χ3n) is 3.31. The number of aliphatic hydroxyl groups excluding tert-OH is 2. The van der Waals surface area contributed by atoms with Crippen molar-refractivity contribution >= 4 is 5.69 Å². The van der Waals surface area contributed by atoms with Gasteiger partial charge in [0.2, 0.25) is 0 Å². The Bertz CT molecular complexity index is 439.